The first-order chi connectivity index (χ1) is 10.1. The first kappa shape index (κ1) is 22.3. The fraction of sp³-hybridized carbons (Fsp3) is 0.889. The second-order valence-electron chi connectivity index (χ2n) is 9.05. The predicted molar refractivity (Wildman–Crippen MR) is 96.9 cm³/mol. The van der Waals surface area contributed by atoms with Crippen LogP contribution in [0, 0.1) is 17.3 Å². The van der Waals surface area contributed by atoms with Gasteiger partial charge in [0.05, 0.1) is 13.5 Å². The molecule has 0 aliphatic carbocycles. The van der Waals surface area contributed by atoms with Crippen LogP contribution in [0.5, 0.6) is 0 Å². The maximum Gasteiger partial charge on any atom is 0.306 e. The van der Waals surface area contributed by atoms with Crippen molar-refractivity contribution in [3.05, 3.63) is 0 Å². The lowest BCUT2D eigenvalue weighted by atomic mass is 9.76. The standard InChI is InChI=1S/C18H36O4Si/c1-13(12-22-23(9,10)18(5,6)7)14(11-15(19)21-8)16(20)17(2,3)4/h13-14H,11-12H2,1-10H3/t13-,14-/m0/s1. The minimum atomic E-state index is -1.87. The van der Waals surface area contributed by atoms with E-state index in [0.717, 1.165) is 0 Å². The average Bonchev–Trinajstić information content (AvgIpc) is 2.38. The number of Topliss-reactive ketones (excluding diaryl/α,β-unsaturated/α-hetero) is 1. The van der Waals surface area contributed by atoms with E-state index in [2.05, 4.69) is 33.9 Å². The van der Waals surface area contributed by atoms with E-state index < -0.39 is 13.7 Å². The molecule has 0 aliphatic rings. The summed E-state index contributed by atoms with van der Waals surface area (Å²) in [6.45, 7) is 19.1. The highest BCUT2D eigenvalue weighted by Crippen LogP contribution is 2.37. The number of hydrogen-bond acceptors (Lipinski definition) is 4. The fourth-order valence-electron chi connectivity index (χ4n) is 2.04. The van der Waals surface area contributed by atoms with E-state index in [1.807, 2.05) is 27.7 Å². The largest absolute Gasteiger partial charge is 0.469 e. The molecule has 0 amide bonds. The van der Waals surface area contributed by atoms with Gasteiger partial charge in [0.2, 0.25) is 0 Å². The van der Waals surface area contributed by atoms with Gasteiger partial charge in [-0.3, -0.25) is 9.59 Å². The Bertz CT molecular complexity index is 416. The van der Waals surface area contributed by atoms with Gasteiger partial charge in [-0.2, -0.15) is 0 Å². The monoisotopic (exact) mass is 344 g/mol. The molecule has 136 valence electrons. The number of carbonyl (C=O) groups is 2. The van der Waals surface area contributed by atoms with Gasteiger partial charge >= 0.3 is 5.97 Å². The number of rotatable bonds is 7. The average molecular weight is 345 g/mol. The molecule has 0 N–H and O–H groups in total. The van der Waals surface area contributed by atoms with Crippen molar-refractivity contribution >= 4 is 20.1 Å². The molecule has 0 aromatic rings. The predicted octanol–water partition coefficient (Wildman–Crippen LogP) is 4.44. The number of ketones is 1. The van der Waals surface area contributed by atoms with E-state index in [9.17, 15) is 9.59 Å². The van der Waals surface area contributed by atoms with Crippen molar-refractivity contribution in [2.24, 2.45) is 17.3 Å². The molecule has 0 unspecified atom stereocenters. The van der Waals surface area contributed by atoms with Crippen LogP contribution in [0.2, 0.25) is 18.1 Å². The van der Waals surface area contributed by atoms with Crippen LogP contribution < -0.4 is 0 Å². The summed E-state index contributed by atoms with van der Waals surface area (Å²) in [5.41, 5.74) is -0.482. The van der Waals surface area contributed by atoms with Gasteiger partial charge in [0, 0.05) is 17.9 Å². The fourth-order valence-corrected chi connectivity index (χ4v) is 3.16. The first-order valence-corrected chi connectivity index (χ1v) is 11.3. The number of ether oxygens (including phenoxy) is 1. The van der Waals surface area contributed by atoms with Crippen molar-refractivity contribution in [2.75, 3.05) is 13.7 Å². The van der Waals surface area contributed by atoms with Crippen LogP contribution in [0.1, 0.15) is 54.9 Å². The van der Waals surface area contributed by atoms with Gasteiger partial charge in [0.25, 0.3) is 0 Å². The van der Waals surface area contributed by atoms with Crippen molar-refractivity contribution < 1.29 is 18.8 Å². The minimum absolute atomic E-state index is 0.0186. The normalized spacial score (nSPS) is 15.9. The molecule has 0 saturated heterocycles. The topological polar surface area (TPSA) is 52.6 Å². The lowest BCUT2D eigenvalue weighted by molar-refractivity contribution is -0.146. The van der Waals surface area contributed by atoms with Gasteiger partial charge in [0.1, 0.15) is 5.78 Å². The Morgan fingerprint density at radius 1 is 1.04 bits per heavy atom. The Kier molecular flexibility index (Phi) is 7.69. The van der Waals surface area contributed by atoms with Crippen LogP contribution >= 0.6 is 0 Å². The van der Waals surface area contributed by atoms with Crippen LogP contribution in [0.4, 0.5) is 0 Å². The highest BCUT2D eigenvalue weighted by atomic mass is 28.4. The Morgan fingerprint density at radius 3 is 1.87 bits per heavy atom. The van der Waals surface area contributed by atoms with Gasteiger partial charge in [-0.05, 0) is 24.1 Å². The SMILES string of the molecule is COC(=O)C[C@H](C(=O)C(C)(C)C)[C@@H](C)CO[Si](C)(C)C(C)(C)C. The van der Waals surface area contributed by atoms with Crippen molar-refractivity contribution in [1.29, 1.82) is 0 Å². The van der Waals surface area contributed by atoms with Crippen molar-refractivity contribution in [2.45, 2.75) is 73.0 Å². The lowest BCUT2D eigenvalue weighted by Crippen LogP contribution is -2.43. The molecule has 0 aromatic heterocycles. The van der Waals surface area contributed by atoms with E-state index in [4.69, 9.17) is 9.16 Å². The highest BCUT2D eigenvalue weighted by molar-refractivity contribution is 6.74. The number of esters is 1. The molecule has 0 rings (SSSR count). The smallest absolute Gasteiger partial charge is 0.306 e. The summed E-state index contributed by atoms with van der Waals surface area (Å²) in [5, 5.41) is 0.124. The molecule has 4 nitrogen and oxygen atoms in total. The van der Waals surface area contributed by atoms with E-state index in [-0.39, 0.29) is 35.0 Å². The zero-order valence-electron chi connectivity index (χ0n) is 16.7. The third kappa shape index (κ3) is 6.75. The van der Waals surface area contributed by atoms with Crippen LogP contribution in [0.3, 0.4) is 0 Å². The Morgan fingerprint density at radius 2 is 1.52 bits per heavy atom. The maximum absolute atomic E-state index is 12.7. The van der Waals surface area contributed by atoms with Gasteiger partial charge < -0.3 is 9.16 Å². The zero-order valence-corrected chi connectivity index (χ0v) is 17.7. The molecule has 0 aliphatic heterocycles. The van der Waals surface area contributed by atoms with E-state index >= 15 is 0 Å². The molecule has 5 heteroatoms. The molecule has 0 heterocycles. The lowest BCUT2D eigenvalue weighted by Gasteiger charge is -2.38. The van der Waals surface area contributed by atoms with Crippen LogP contribution in [-0.4, -0.2) is 33.8 Å². The summed E-state index contributed by atoms with van der Waals surface area (Å²) < 4.78 is 11.0. The molecule has 0 saturated carbocycles. The van der Waals surface area contributed by atoms with Crippen LogP contribution in [0.15, 0.2) is 0 Å². The van der Waals surface area contributed by atoms with Crippen molar-refractivity contribution in [1.82, 2.24) is 0 Å². The number of hydrogen-bond donors (Lipinski definition) is 0. The van der Waals surface area contributed by atoms with Crippen LogP contribution in [-0.2, 0) is 18.8 Å². The summed E-state index contributed by atoms with van der Waals surface area (Å²) in [7, 11) is -0.511. The van der Waals surface area contributed by atoms with E-state index in [1.165, 1.54) is 7.11 Å². The van der Waals surface area contributed by atoms with Gasteiger partial charge in [0.15, 0.2) is 8.32 Å². The third-order valence-corrected chi connectivity index (χ3v) is 9.39. The molecule has 23 heavy (non-hydrogen) atoms. The number of carbonyl (C=O) groups excluding carboxylic acids is 2. The molecule has 0 spiro atoms. The quantitative estimate of drug-likeness (QED) is 0.506. The Balaban J connectivity index is 5.12. The first-order valence-electron chi connectivity index (χ1n) is 8.38. The van der Waals surface area contributed by atoms with Gasteiger partial charge in [-0.25, -0.2) is 0 Å². The van der Waals surface area contributed by atoms with E-state index in [0.29, 0.717) is 6.61 Å². The van der Waals surface area contributed by atoms with Crippen LogP contribution in [0.25, 0.3) is 0 Å². The molecular weight excluding hydrogens is 308 g/mol. The maximum atomic E-state index is 12.7. The summed E-state index contributed by atoms with van der Waals surface area (Å²) in [4.78, 5) is 24.4. The Labute approximate surface area is 143 Å². The number of methoxy groups -OCH3 is 1. The van der Waals surface area contributed by atoms with E-state index in [1.54, 1.807) is 0 Å². The van der Waals surface area contributed by atoms with Gasteiger partial charge in [-0.1, -0.05) is 48.5 Å². The second kappa shape index (κ2) is 7.93. The summed E-state index contributed by atoms with van der Waals surface area (Å²) >= 11 is 0. The molecule has 0 aromatic carbocycles. The molecule has 2 atom stereocenters. The van der Waals surface area contributed by atoms with Gasteiger partial charge in [-0.15, -0.1) is 0 Å². The zero-order chi connectivity index (χ0) is 18.6. The summed E-state index contributed by atoms with van der Waals surface area (Å²) in [6, 6.07) is 0. The second-order valence-corrected chi connectivity index (χ2v) is 13.9. The van der Waals surface area contributed by atoms with Crippen molar-refractivity contribution in [3.63, 3.8) is 0 Å². The minimum Gasteiger partial charge on any atom is -0.469 e. The van der Waals surface area contributed by atoms with Crippen molar-refractivity contribution in [3.8, 4) is 0 Å². The molecule has 0 fully saturated rings. The molecule has 0 radical (unpaired) electrons. The molecular formula is C18H36O4Si. The molecule has 0 bridgehead atoms. The summed E-state index contributed by atoms with van der Waals surface area (Å²) in [5.74, 6) is -0.636. The highest BCUT2D eigenvalue weighted by Gasteiger charge is 2.40. The summed E-state index contributed by atoms with van der Waals surface area (Å²) in [6.07, 6.45) is 0.120. The third-order valence-electron chi connectivity index (χ3n) is 4.89. The Hall–Kier alpha value is -0.683.